The molecule has 1 N–H and O–H groups in total. The third-order valence-corrected chi connectivity index (χ3v) is 4.17. The van der Waals surface area contributed by atoms with E-state index >= 15 is 0 Å². The minimum absolute atomic E-state index is 0.170. The van der Waals surface area contributed by atoms with Crippen molar-refractivity contribution in [2.75, 3.05) is 0 Å². The van der Waals surface area contributed by atoms with Crippen LogP contribution in [-0.2, 0) is 0 Å². The molecule has 4 heteroatoms. The molecule has 2 fully saturated rings. The maximum Gasteiger partial charge on any atom is 0.271 e. The molecule has 3 atom stereocenters. The van der Waals surface area contributed by atoms with Crippen LogP contribution in [0.2, 0.25) is 0 Å². The Balaban J connectivity index is 1.54. The number of carbonyl (C=O) groups is 1. The highest BCUT2D eigenvalue weighted by Crippen LogP contribution is 2.47. The van der Waals surface area contributed by atoms with Gasteiger partial charge >= 0.3 is 0 Å². The Morgan fingerprint density at radius 3 is 2.83 bits per heavy atom. The zero-order valence-corrected chi connectivity index (χ0v) is 10.2. The summed E-state index contributed by atoms with van der Waals surface area (Å²) in [6.07, 6.45) is 10.5. The van der Waals surface area contributed by atoms with Crippen molar-refractivity contribution in [2.24, 2.45) is 22.9 Å². The molecule has 18 heavy (non-hydrogen) atoms. The monoisotopic (exact) mass is 243 g/mol. The molecule has 0 radical (unpaired) electrons. The quantitative estimate of drug-likeness (QED) is 0.653. The Morgan fingerprint density at radius 2 is 2.17 bits per heavy atom. The fraction of sp³-hybridized carbons (Fsp3) is 0.500. The van der Waals surface area contributed by atoms with E-state index in [9.17, 15) is 4.79 Å². The predicted octanol–water partition coefficient (Wildman–Crippen LogP) is 2.23. The van der Waals surface area contributed by atoms with Crippen LogP contribution in [0.4, 0.5) is 0 Å². The molecule has 1 amide bonds. The van der Waals surface area contributed by atoms with E-state index < -0.39 is 0 Å². The highest BCUT2D eigenvalue weighted by Gasteiger charge is 2.38. The summed E-state index contributed by atoms with van der Waals surface area (Å²) in [7, 11) is 0. The molecule has 2 saturated carbocycles. The van der Waals surface area contributed by atoms with Crippen LogP contribution in [0.15, 0.2) is 29.6 Å². The van der Waals surface area contributed by atoms with Crippen molar-refractivity contribution in [1.29, 1.82) is 0 Å². The van der Waals surface area contributed by atoms with E-state index in [4.69, 9.17) is 0 Å². The lowest BCUT2D eigenvalue weighted by molar-refractivity contribution is 0.0954. The Morgan fingerprint density at radius 1 is 1.33 bits per heavy atom. The average molecular weight is 243 g/mol. The van der Waals surface area contributed by atoms with Gasteiger partial charge in [0.1, 0.15) is 0 Å². The number of rotatable bonds is 3. The van der Waals surface area contributed by atoms with E-state index in [-0.39, 0.29) is 5.91 Å². The minimum Gasteiger partial charge on any atom is -0.267 e. The summed E-state index contributed by atoms with van der Waals surface area (Å²) in [5, 5.41) is 4.10. The number of hydrogen-bond donors (Lipinski definition) is 1. The van der Waals surface area contributed by atoms with Crippen LogP contribution < -0.4 is 5.43 Å². The van der Waals surface area contributed by atoms with Crippen molar-refractivity contribution in [2.45, 2.75) is 25.7 Å². The lowest BCUT2D eigenvalue weighted by atomic mass is 9.90. The van der Waals surface area contributed by atoms with Gasteiger partial charge in [-0.3, -0.25) is 9.78 Å². The van der Waals surface area contributed by atoms with Gasteiger partial charge in [0.15, 0.2) is 0 Å². The van der Waals surface area contributed by atoms with Crippen LogP contribution in [0, 0.1) is 17.8 Å². The highest BCUT2D eigenvalue weighted by atomic mass is 16.2. The first-order chi connectivity index (χ1) is 8.83. The lowest BCUT2D eigenvalue weighted by Crippen LogP contribution is -2.20. The summed E-state index contributed by atoms with van der Waals surface area (Å²) >= 11 is 0. The molecule has 2 aliphatic rings. The van der Waals surface area contributed by atoms with Gasteiger partial charge in [-0.2, -0.15) is 5.10 Å². The third-order valence-electron chi connectivity index (χ3n) is 4.17. The molecular formula is C14H17N3O. The largest absolute Gasteiger partial charge is 0.271 e. The van der Waals surface area contributed by atoms with Crippen LogP contribution in [0.5, 0.6) is 0 Å². The Bertz CT molecular complexity index is 457. The standard InChI is InChI=1S/C14H17N3O/c18-14(11-3-5-15-6-4-11)17-16-9-13-8-10-1-2-12(13)7-10/h3-6,9-10,12-13H,1-2,7-8H2,(H,17,18)/b16-9-/t10-,12-,13-/m0/s1. The number of nitrogens with one attached hydrogen (secondary N) is 1. The Labute approximate surface area is 107 Å². The third kappa shape index (κ3) is 2.28. The zero-order chi connectivity index (χ0) is 12.4. The summed E-state index contributed by atoms with van der Waals surface area (Å²) in [6, 6.07) is 3.37. The minimum atomic E-state index is -0.170. The number of hydrogen-bond acceptors (Lipinski definition) is 3. The Kier molecular flexibility index (Phi) is 3.09. The van der Waals surface area contributed by atoms with E-state index in [0.29, 0.717) is 11.5 Å². The molecule has 1 aromatic heterocycles. The number of pyridine rings is 1. The van der Waals surface area contributed by atoms with Crippen LogP contribution in [0.25, 0.3) is 0 Å². The predicted molar refractivity (Wildman–Crippen MR) is 69.1 cm³/mol. The molecule has 2 bridgehead atoms. The van der Waals surface area contributed by atoms with Crippen molar-refractivity contribution >= 4 is 12.1 Å². The molecular weight excluding hydrogens is 226 g/mol. The summed E-state index contributed by atoms with van der Waals surface area (Å²) in [6.45, 7) is 0. The number of nitrogens with zero attached hydrogens (tertiary/aromatic N) is 2. The van der Waals surface area contributed by atoms with E-state index in [1.54, 1.807) is 24.5 Å². The van der Waals surface area contributed by atoms with Crippen LogP contribution in [-0.4, -0.2) is 17.1 Å². The first-order valence-corrected chi connectivity index (χ1v) is 6.56. The number of aromatic nitrogens is 1. The molecule has 1 heterocycles. The first-order valence-electron chi connectivity index (χ1n) is 6.56. The molecule has 2 aliphatic carbocycles. The smallest absolute Gasteiger partial charge is 0.267 e. The SMILES string of the molecule is O=C(N/N=C\[C@@H]1C[C@H]2CC[C@H]1C2)c1ccncc1. The van der Waals surface area contributed by atoms with Gasteiger partial charge in [0.25, 0.3) is 5.91 Å². The highest BCUT2D eigenvalue weighted by molar-refractivity contribution is 5.94. The molecule has 3 rings (SSSR count). The normalized spacial score (nSPS) is 29.9. The summed E-state index contributed by atoms with van der Waals surface area (Å²) in [4.78, 5) is 15.6. The second kappa shape index (κ2) is 4.88. The van der Waals surface area contributed by atoms with Crippen molar-refractivity contribution in [3.05, 3.63) is 30.1 Å². The van der Waals surface area contributed by atoms with Gasteiger partial charge in [-0.15, -0.1) is 0 Å². The van der Waals surface area contributed by atoms with Gasteiger partial charge in [0.05, 0.1) is 0 Å². The molecule has 0 unspecified atom stereocenters. The second-order valence-corrected chi connectivity index (χ2v) is 5.29. The topological polar surface area (TPSA) is 54.4 Å². The van der Waals surface area contributed by atoms with Gasteiger partial charge in [-0.25, -0.2) is 5.43 Å². The molecule has 0 spiro atoms. The first kappa shape index (κ1) is 11.4. The maximum atomic E-state index is 11.7. The fourth-order valence-corrected chi connectivity index (χ4v) is 3.24. The van der Waals surface area contributed by atoms with Crippen molar-refractivity contribution in [1.82, 2.24) is 10.4 Å². The number of amides is 1. The number of hydrazone groups is 1. The van der Waals surface area contributed by atoms with Gasteiger partial charge in [-0.05, 0) is 49.1 Å². The molecule has 0 saturated heterocycles. The fourth-order valence-electron chi connectivity index (χ4n) is 3.24. The van der Waals surface area contributed by atoms with Gasteiger partial charge in [-0.1, -0.05) is 6.42 Å². The summed E-state index contributed by atoms with van der Waals surface area (Å²) in [5.74, 6) is 2.11. The van der Waals surface area contributed by atoms with E-state index in [1.807, 2.05) is 6.21 Å². The molecule has 4 nitrogen and oxygen atoms in total. The van der Waals surface area contributed by atoms with Crippen molar-refractivity contribution in [3.63, 3.8) is 0 Å². The summed E-state index contributed by atoms with van der Waals surface area (Å²) in [5.41, 5.74) is 3.18. The number of fused-ring (bicyclic) bond motifs is 2. The zero-order valence-electron chi connectivity index (χ0n) is 10.2. The van der Waals surface area contributed by atoms with Crippen LogP contribution in [0.3, 0.4) is 0 Å². The number of carbonyl (C=O) groups excluding carboxylic acids is 1. The van der Waals surface area contributed by atoms with Gasteiger partial charge in [0.2, 0.25) is 0 Å². The molecule has 94 valence electrons. The van der Waals surface area contributed by atoms with Gasteiger partial charge < -0.3 is 0 Å². The van der Waals surface area contributed by atoms with Crippen molar-refractivity contribution < 1.29 is 4.79 Å². The lowest BCUT2D eigenvalue weighted by Gasteiger charge is -2.16. The van der Waals surface area contributed by atoms with E-state index in [2.05, 4.69) is 15.5 Å². The maximum absolute atomic E-state index is 11.7. The van der Waals surface area contributed by atoms with Crippen LogP contribution in [0.1, 0.15) is 36.0 Å². The molecule has 0 aliphatic heterocycles. The van der Waals surface area contributed by atoms with Crippen LogP contribution >= 0.6 is 0 Å². The molecule has 1 aromatic rings. The second-order valence-electron chi connectivity index (χ2n) is 5.29. The Hall–Kier alpha value is -1.71. The van der Waals surface area contributed by atoms with E-state index in [1.165, 1.54) is 25.7 Å². The summed E-state index contributed by atoms with van der Waals surface area (Å²) < 4.78 is 0. The van der Waals surface area contributed by atoms with Gasteiger partial charge in [0, 0.05) is 24.2 Å². The van der Waals surface area contributed by atoms with Crippen molar-refractivity contribution in [3.8, 4) is 0 Å². The molecule has 0 aromatic carbocycles. The van der Waals surface area contributed by atoms with E-state index in [0.717, 1.165) is 11.8 Å². The average Bonchev–Trinajstić information content (AvgIpc) is 3.02.